The Kier molecular flexibility index (Phi) is 7.95. The molecule has 0 bridgehead atoms. The van der Waals surface area contributed by atoms with Crippen LogP contribution in [0.3, 0.4) is 0 Å². The first-order valence-electron chi connectivity index (χ1n) is 11.5. The van der Waals surface area contributed by atoms with Gasteiger partial charge in [0.25, 0.3) is 0 Å². The normalized spacial score (nSPS) is 14.4. The highest BCUT2D eigenvalue weighted by molar-refractivity contribution is 6.32. The molecule has 8 nitrogen and oxygen atoms in total. The minimum absolute atomic E-state index is 0.0157. The lowest BCUT2D eigenvalue weighted by atomic mass is 9.93. The maximum Gasteiger partial charge on any atom is 0.311 e. The van der Waals surface area contributed by atoms with E-state index in [4.69, 9.17) is 30.5 Å². The Morgan fingerprint density at radius 1 is 1.11 bits per heavy atom. The number of hydrogen-bond acceptors (Lipinski definition) is 7. The van der Waals surface area contributed by atoms with E-state index in [1.54, 1.807) is 56.7 Å². The summed E-state index contributed by atoms with van der Waals surface area (Å²) in [7, 11) is 3.10. The van der Waals surface area contributed by atoms with Gasteiger partial charge in [-0.15, -0.1) is 0 Å². The van der Waals surface area contributed by atoms with E-state index in [0.29, 0.717) is 72.4 Å². The summed E-state index contributed by atoms with van der Waals surface area (Å²) in [6, 6.07) is 13.6. The van der Waals surface area contributed by atoms with Gasteiger partial charge in [-0.25, -0.2) is 0 Å². The van der Waals surface area contributed by atoms with Gasteiger partial charge in [-0.3, -0.25) is 9.59 Å². The molecular weight excluding hydrogens is 486 g/mol. The Hall–Kier alpha value is -3.78. The van der Waals surface area contributed by atoms with E-state index in [1.807, 2.05) is 6.07 Å². The number of methoxy groups -OCH3 is 2. The van der Waals surface area contributed by atoms with Gasteiger partial charge in [0, 0.05) is 35.2 Å². The van der Waals surface area contributed by atoms with Crippen molar-refractivity contribution in [3.8, 4) is 29.0 Å². The molecule has 3 aromatic rings. The van der Waals surface area contributed by atoms with Crippen LogP contribution in [0.2, 0.25) is 5.02 Å². The number of ether oxygens (including phenoxy) is 4. The van der Waals surface area contributed by atoms with Crippen molar-refractivity contribution in [2.24, 2.45) is 0 Å². The molecule has 0 aliphatic carbocycles. The lowest BCUT2D eigenvalue weighted by Gasteiger charge is -2.24. The van der Waals surface area contributed by atoms with E-state index in [9.17, 15) is 14.7 Å². The van der Waals surface area contributed by atoms with Crippen LogP contribution in [-0.2, 0) is 11.2 Å². The number of aliphatic carboxylic acids is 1. The summed E-state index contributed by atoms with van der Waals surface area (Å²) in [4.78, 5) is 28.4. The summed E-state index contributed by atoms with van der Waals surface area (Å²) in [5, 5.41) is 9.72. The molecule has 2 heterocycles. The van der Waals surface area contributed by atoms with Crippen LogP contribution in [0.15, 0.2) is 48.5 Å². The molecule has 1 N–H and O–H groups in total. The predicted molar refractivity (Wildman–Crippen MR) is 133 cm³/mol. The zero-order valence-corrected chi connectivity index (χ0v) is 20.7. The summed E-state index contributed by atoms with van der Waals surface area (Å²) in [5.74, 6) is 0.703. The first-order chi connectivity index (χ1) is 17.4. The number of ketones is 1. The first-order valence-corrected chi connectivity index (χ1v) is 11.9. The molecule has 0 spiro atoms. The van der Waals surface area contributed by atoms with Crippen LogP contribution in [0, 0.1) is 0 Å². The molecule has 9 heteroatoms. The van der Waals surface area contributed by atoms with Gasteiger partial charge in [0.1, 0.15) is 17.2 Å². The number of rotatable bonds is 10. The van der Waals surface area contributed by atoms with E-state index in [1.165, 1.54) is 0 Å². The number of hydrogen-bond donors (Lipinski definition) is 1. The molecule has 0 saturated heterocycles. The number of carbonyl (C=O) groups excluding carboxylic acids is 1. The van der Waals surface area contributed by atoms with Crippen LogP contribution in [0.4, 0.5) is 0 Å². The molecule has 0 radical (unpaired) electrons. The number of carboxylic acids is 1. The monoisotopic (exact) mass is 511 g/mol. The van der Waals surface area contributed by atoms with E-state index in [-0.39, 0.29) is 10.8 Å². The van der Waals surface area contributed by atoms with Crippen LogP contribution in [0.5, 0.6) is 29.0 Å². The van der Waals surface area contributed by atoms with Gasteiger partial charge >= 0.3 is 5.97 Å². The van der Waals surface area contributed by atoms with Gasteiger partial charge in [-0.05, 0) is 55.7 Å². The molecule has 4 rings (SSSR count). The fourth-order valence-electron chi connectivity index (χ4n) is 4.08. The second kappa shape index (κ2) is 11.3. The van der Waals surface area contributed by atoms with Gasteiger partial charge in [-0.2, -0.15) is 4.98 Å². The minimum atomic E-state index is -0.913. The molecule has 1 aliphatic heterocycles. The van der Waals surface area contributed by atoms with Gasteiger partial charge in [-0.1, -0.05) is 11.6 Å². The number of aryl methyl sites for hydroxylation is 1. The van der Waals surface area contributed by atoms with Crippen LogP contribution in [-0.4, -0.2) is 42.7 Å². The van der Waals surface area contributed by atoms with E-state index >= 15 is 0 Å². The van der Waals surface area contributed by atoms with Crippen molar-refractivity contribution in [1.29, 1.82) is 0 Å². The van der Waals surface area contributed by atoms with Crippen molar-refractivity contribution < 1.29 is 33.6 Å². The summed E-state index contributed by atoms with van der Waals surface area (Å²) in [6.45, 7) is 0.309. The fourth-order valence-corrected chi connectivity index (χ4v) is 4.29. The van der Waals surface area contributed by atoms with Gasteiger partial charge in [0.15, 0.2) is 5.78 Å². The smallest absolute Gasteiger partial charge is 0.311 e. The number of fused-ring (bicyclic) bond motifs is 1. The molecule has 36 heavy (non-hydrogen) atoms. The highest BCUT2D eigenvalue weighted by Crippen LogP contribution is 2.41. The lowest BCUT2D eigenvalue weighted by Crippen LogP contribution is -2.20. The largest absolute Gasteiger partial charge is 0.493 e. The SMILES string of the molecule is COc1ccc(CCCC(=O)c2ccc(Oc3cc4c(cc3Cl)C(C(=O)O)CCO4)cc2)c(OC)n1. The average Bonchev–Trinajstić information content (AvgIpc) is 2.89. The first kappa shape index (κ1) is 25.3. The van der Waals surface area contributed by atoms with Crippen molar-refractivity contribution in [2.75, 3.05) is 20.8 Å². The van der Waals surface area contributed by atoms with Crippen molar-refractivity contribution in [3.63, 3.8) is 0 Å². The molecule has 0 saturated carbocycles. The Morgan fingerprint density at radius 3 is 2.58 bits per heavy atom. The Labute approximate surface area is 213 Å². The van der Waals surface area contributed by atoms with Crippen molar-refractivity contribution >= 4 is 23.4 Å². The molecule has 188 valence electrons. The highest BCUT2D eigenvalue weighted by atomic mass is 35.5. The molecule has 0 fully saturated rings. The third kappa shape index (κ3) is 5.71. The summed E-state index contributed by atoms with van der Waals surface area (Å²) >= 11 is 6.36. The number of carbonyl (C=O) groups is 2. The topological polar surface area (TPSA) is 104 Å². The third-order valence-corrected chi connectivity index (χ3v) is 6.27. The van der Waals surface area contributed by atoms with Crippen molar-refractivity contribution in [3.05, 3.63) is 70.2 Å². The van der Waals surface area contributed by atoms with Crippen molar-refractivity contribution in [1.82, 2.24) is 4.98 Å². The molecular formula is C27H26ClNO7. The Balaban J connectivity index is 1.37. The number of aromatic nitrogens is 1. The zero-order chi connectivity index (χ0) is 25.7. The second-order valence-electron chi connectivity index (χ2n) is 8.27. The molecule has 1 atom stereocenters. The fraction of sp³-hybridized carbons (Fsp3) is 0.296. The van der Waals surface area contributed by atoms with Crippen LogP contribution < -0.4 is 18.9 Å². The predicted octanol–water partition coefficient (Wildman–Crippen LogP) is 5.70. The quantitative estimate of drug-likeness (QED) is 0.346. The zero-order valence-electron chi connectivity index (χ0n) is 20.0. The molecule has 0 amide bonds. The summed E-state index contributed by atoms with van der Waals surface area (Å²) in [6.07, 6.45) is 2.05. The van der Waals surface area contributed by atoms with Gasteiger partial charge < -0.3 is 24.1 Å². The highest BCUT2D eigenvalue weighted by Gasteiger charge is 2.29. The number of carboxylic acid groups (broad SMARTS) is 1. The van der Waals surface area contributed by atoms with E-state index in [0.717, 1.165) is 5.56 Å². The second-order valence-corrected chi connectivity index (χ2v) is 8.68. The van der Waals surface area contributed by atoms with Crippen molar-refractivity contribution in [2.45, 2.75) is 31.6 Å². The van der Waals surface area contributed by atoms with Gasteiger partial charge in [0.05, 0.1) is 31.8 Å². The summed E-state index contributed by atoms with van der Waals surface area (Å²) < 4.78 is 21.9. The molecule has 1 aliphatic rings. The maximum absolute atomic E-state index is 12.7. The van der Waals surface area contributed by atoms with Crippen LogP contribution in [0.1, 0.15) is 46.7 Å². The molecule has 1 aromatic heterocycles. The lowest BCUT2D eigenvalue weighted by molar-refractivity contribution is -0.139. The number of Topliss-reactive ketones (excluding diaryl/α,β-unsaturated/α-hetero) is 1. The number of nitrogens with zero attached hydrogens (tertiary/aromatic N) is 1. The van der Waals surface area contributed by atoms with E-state index in [2.05, 4.69) is 4.98 Å². The third-order valence-electron chi connectivity index (χ3n) is 5.97. The number of pyridine rings is 1. The average molecular weight is 512 g/mol. The summed E-state index contributed by atoms with van der Waals surface area (Å²) in [5.41, 5.74) is 2.02. The Bertz CT molecular complexity index is 1260. The van der Waals surface area contributed by atoms with Crippen LogP contribution >= 0.6 is 11.6 Å². The maximum atomic E-state index is 12.7. The molecule has 2 aromatic carbocycles. The van der Waals surface area contributed by atoms with E-state index < -0.39 is 11.9 Å². The van der Waals surface area contributed by atoms with Crippen LogP contribution in [0.25, 0.3) is 0 Å². The number of benzene rings is 2. The minimum Gasteiger partial charge on any atom is -0.493 e. The standard InChI is InChI=1S/C27H26ClNO7/c1-33-25-11-8-17(26(29-25)34-2)4-3-5-22(30)16-6-9-18(10-7-16)36-24-15-23-20(14-21(24)28)19(27(31)32)12-13-35-23/h6-11,14-15,19H,3-5,12-13H2,1-2H3,(H,31,32). The number of halogens is 1. The molecule has 1 unspecified atom stereocenters. The van der Waals surface area contributed by atoms with Gasteiger partial charge in [0.2, 0.25) is 11.8 Å². The Morgan fingerprint density at radius 2 is 1.89 bits per heavy atom.